The van der Waals surface area contributed by atoms with Crippen LogP contribution in [0.1, 0.15) is 322 Å². The summed E-state index contributed by atoms with van der Waals surface area (Å²) in [7, 11) is -5.12. The zero-order valence-corrected chi connectivity index (χ0v) is 49.3. The third kappa shape index (κ3) is 42.4. The van der Waals surface area contributed by atoms with E-state index < -0.39 is 75.7 Å². The maximum absolute atomic E-state index is 12.9. The van der Waals surface area contributed by atoms with E-state index in [1.165, 1.54) is 244 Å². The van der Waals surface area contributed by atoms with E-state index in [1.54, 1.807) is 0 Å². The van der Waals surface area contributed by atoms with E-state index >= 15 is 0 Å². The Kier molecular flexibility index (Phi) is 48.9. The van der Waals surface area contributed by atoms with Crippen LogP contribution in [0.25, 0.3) is 0 Å². The number of carbonyl (C=O) groups excluding carboxylic acids is 2. The molecular weight excluding hydrogens is 972 g/mol. The minimum Gasteiger partial charge on any atom is -0.462 e. The molecule has 75 heavy (non-hydrogen) atoms. The smallest absolute Gasteiger partial charge is 0.462 e. The number of aliphatic hydroxyl groups is 5. The van der Waals surface area contributed by atoms with E-state index in [2.05, 4.69) is 13.8 Å². The molecule has 0 aliphatic heterocycles. The van der Waals surface area contributed by atoms with Crippen molar-refractivity contribution in [1.29, 1.82) is 0 Å². The van der Waals surface area contributed by atoms with Gasteiger partial charge in [-0.25, -0.2) is 4.57 Å². The summed E-state index contributed by atoms with van der Waals surface area (Å²) >= 11 is 0. The minimum absolute atomic E-state index is 0.106. The predicted octanol–water partition coefficient (Wildman–Crippen LogP) is 15.5. The SMILES string of the molecule is CCCCCCCCCCCCCCCCCCCCCCCCCC(=O)OC[C@@H](COP(=O)(O)OC1C(O)C(O)C(O)[C@H](O)C1O)OC(=O)CCCCCCCCCCCCCCCCCCCCCCCCC. The van der Waals surface area contributed by atoms with Crippen molar-refractivity contribution in [3.63, 3.8) is 0 Å². The molecule has 1 saturated carbocycles. The zero-order valence-electron chi connectivity index (χ0n) is 48.4. The first kappa shape index (κ1) is 71.9. The summed E-state index contributed by atoms with van der Waals surface area (Å²) in [6.07, 6.45) is 45.9. The van der Waals surface area contributed by atoms with E-state index in [0.29, 0.717) is 12.8 Å². The van der Waals surface area contributed by atoms with Crippen molar-refractivity contribution in [2.75, 3.05) is 13.2 Å². The second kappa shape index (κ2) is 51.0. The molecule has 6 N–H and O–H groups in total. The topological polar surface area (TPSA) is 210 Å². The highest BCUT2D eigenvalue weighted by Crippen LogP contribution is 2.47. The fourth-order valence-corrected chi connectivity index (χ4v) is 11.4. The molecule has 0 aromatic carbocycles. The van der Waals surface area contributed by atoms with Crippen molar-refractivity contribution in [2.45, 2.75) is 365 Å². The summed E-state index contributed by atoms with van der Waals surface area (Å²) in [5, 5.41) is 50.5. The quantitative estimate of drug-likeness (QED) is 0.0190. The van der Waals surface area contributed by atoms with Gasteiger partial charge in [0.2, 0.25) is 0 Å². The standard InChI is InChI=1S/C61H119O13P/c1-3-5-7-9-11-13-15-17-19-21-23-25-27-29-31-33-35-37-39-41-43-45-47-49-54(62)71-51-53(52-72-75(69,70)74-61-59(67)57(65)56(64)58(66)60(61)68)73-55(63)50-48-46-44-42-40-38-36-34-32-30-28-26-24-22-20-18-16-14-12-10-8-6-4-2/h53,56-61,64-68H,3-52H2,1-2H3,(H,69,70)/t53-,56?,57-,58?,59?,60?,61?/m0/s1. The Labute approximate surface area is 459 Å². The van der Waals surface area contributed by atoms with Crippen LogP contribution in [0, 0.1) is 0 Å². The van der Waals surface area contributed by atoms with Gasteiger partial charge in [-0.2, -0.15) is 0 Å². The summed E-state index contributed by atoms with van der Waals surface area (Å²) in [6, 6.07) is 0. The number of hydrogen-bond donors (Lipinski definition) is 6. The highest BCUT2D eigenvalue weighted by atomic mass is 31.2. The third-order valence-electron chi connectivity index (χ3n) is 15.4. The number of hydrogen-bond acceptors (Lipinski definition) is 12. The Morgan fingerprint density at radius 3 is 0.880 bits per heavy atom. The van der Waals surface area contributed by atoms with Gasteiger partial charge in [-0.1, -0.05) is 296 Å². The summed E-state index contributed by atoms with van der Waals surface area (Å²) < 4.78 is 33.9. The van der Waals surface area contributed by atoms with E-state index in [0.717, 1.165) is 38.5 Å². The van der Waals surface area contributed by atoms with Gasteiger partial charge < -0.3 is 39.9 Å². The van der Waals surface area contributed by atoms with Gasteiger partial charge in [0.25, 0.3) is 0 Å². The molecule has 0 aromatic heterocycles. The molecule has 8 atom stereocenters. The van der Waals surface area contributed by atoms with Crippen LogP contribution in [0.3, 0.4) is 0 Å². The largest absolute Gasteiger partial charge is 0.472 e. The van der Waals surface area contributed by atoms with Gasteiger partial charge in [0, 0.05) is 12.8 Å². The Morgan fingerprint density at radius 1 is 0.360 bits per heavy atom. The second-order valence-electron chi connectivity index (χ2n) is 22.6. The second-order valence-corrected chi connectivity index (χ2v) is 24.0. The van der Waals surface area contributed by atoms with Gasteiger partial charge >= 0.3 is 19.8 Å². The molecule has 0 spiro atoms. The van der Waals surface area contributed by atoms with Crippen molar-refractivity contribution in [3.8, 4) is 0 Å². The Balaban J connectivity index is 2.26. The van der Waals surface area contributed by atoms with Crippen molar-refractivity contribution in [1.82, 2.24) is 0 Å². The van der Waals surface area contributed by atoms with Crippen molar-refractivity contribution in [3.05, 3.63) is 0 Å². The molecular formula is C61H119O13P. The lowest BCUT2D eigenvalue weighted by Crippen LogP contribution is -2.64. The number of phosphoric acid groups is 1. The van der Waals surface area contributed by atoms with Crippen LogP contribution in [0.4, 0.5) is 0 Å². The lowest BCUT2D eigenvalue weighted by molar-refractivity contribution is -0.220. The lowest BCUT2D eigenvalue weighted by atomic mass is 9.85. The monoisotopic (exact) mass is 1090 g/mol. The van der Waals surface area contributed by atoms with Gasteiger partial charge in [-0.05, 0) is 12.8 Å². The molecule has 13 nitrogen and oxygen atoms in total. The van der Waals surface area contributed by atoms with Crippen molar-refractivity contribution in [2.24, 2.45) is 0 Å². The van der Waals surface area contributed by atoms with Crippen LogP contribution in [-0.2, 0) is 32.7 Å². The molecule has 1 aliphatic carbocycles. The first-order chi connectivity index (χ1) is 36.4. The Hall–Kier alpha value is -1.15. The third-order valence-corrected chi connectivity index (χ3v) is 16.4. The maximum atomic E-state index is 12.9. The number of aliphatic hydroxyl groups excluding tert-OH is 5. The average Bonchev–Trinajstić information content (AvgIpc) is 3.39. The van der Waals surface area contributed by atoms with Crippen molar-refractivity contribution >= 4 is 19.8 Å². The molecule has 0 saturated heterocycles. The molecule has 446 valence electrons. The van der Waals surface area contributed by atoms with E-state index in [1.807, 2.05) is 0 Å². The van der Waals surface area contributed by atoms with Crippen molar-refractivity contribution < 1.29 is 63.1 Å². The molecule has 0 radical (unpaired) electrons. The van der Waals surface area contributed by atoms with Crippen LogP contribution in [0.15, 0.2) is 0 Å². The Morgan fingerprint density at radius 2 is 0.600 bits per heavy atom. The van der Waals surface area contributed by atoms with Gasteiger partial charge in [-0.15, -0.1) is 0 Å². The number of rotatable bonds is 56. The highest BCUT2D eigenvalue weighted by Gasteiger charge is 2.51. The zero-order chi connectivity index (χ0) is 54.9. The van der Waals surface area contributed by atoms with Crippen LogP contribution < -0.4 is 0 Å². The average molecular weight is 1090 g/mol. The minimum atomic E-state index is -5.12. The highest BCUT2D eigenvalue weighted by molar-refractivity contribution is 7.47. The summed E-state index contributed by atoms with van der Waals surface area (Å²) in [5.41, 5.74) is 0. The fourth-order valence-electron chi connectivity index (χ4n) is 10.4. The molecule has 0 aromatic rings. The molecule has 14 heteroatoms. The lowest BCUT2D eigenvalue weighted by Gasteiger charge is -2.41. The Bertz CT molecular complexity index is 1310. The van der Waals surface area contributed by atoms with E-state index in [-0.39, 0.29) is 12.8 Å². The molecule has 1 aliphatic rings. The summed E-state index contributed by atoms with van der Waals surface area (Å²) in [5.74, 6) is -1.07. The molecule has 1 fully saturated rings. The molecule has 6 unspecified atom stereocenters. The molecule has 0 heterocycles. The van der Waals surface area contributed by atoms with E-state index in [4.69, 9.17) is 18.5 Å². The maximum Gasteiger partial charge on any atom is 0.472 e. The number of phosphoric ester groups is 1. The fraction of sp³-hybridized carbons (Fsp3) is 0.967. The van der Waals surface area contributed by atoms with Crippen LogP contribution in [-0.4, -0.2) is 98.3 Å². The molecule has 0 bridgehead atoms. The summed E-state index contributed by atoms with van der Waals surface area (Å²) in [6.45, 7) is 3.40. The van der Waals surface area contributed by atoms with Gasteiger partial charge in [-0.3, -0.25) is 18.6 Å². The molecule has 0 amide bonds. The number of esters is 2. The number of carbonyl (C=O) groups is 2. The molecule has 1 rings (SSSR count). The van der Waals surface area contributed by atoms with Gasteiger partial charge in [0.1, 0.15) is 43.2 Å². The first-order valence-corrected chi connectivity index (χ1v) is 33.3. The number of ether oxygens (including phenoxy) is 2. The predicted molar refractivity (Wildman–Crippen MR) is 304 cm³/mol. The van der Waals surface area contributed by atoms with Gasteiger partial charge in [0.05, 0.1) is 6.61 Å². The summed E-state index contributed by atoms with van der Waals surface area (Å²) in [4.78, 5) is 36.1. The van der Waals surface area contributed by atoms with Crippen LogP contribution >= 0.6 is 7.82 Å². The van der Waals surface area contributed by atoms with E-state index in [9.17, 15) is 44.6 Å². The normalized spacial score (nSPS) is 20.1. The van der Waals surface area contributed by atoms with Gasteiger partial charge in [0.15, 0.2) is 6.10 Å². The first-order valence-electron chi connectivity index (χ1n) is 31.8. The number of unbranched alkanes of at least 4 members (excludes halogenated alkanes) is 44. The van der Waals surface area contributed by atoms with Crippen LogP contribution in [0.2, 0.25) is 0 Å². The van der Waals surface area contributed by atoms with Crippen LogP contribution in [0.5, 0.6) is 0 Å².